The second kappa shape index (κ2) is 8.79. The van der Waals surface area contributed by atoms with Crippen LogP contribution in [0.25, 0.3) is 0 Å². The summed E-state index contributed by atoms with van der Waals surface area (Å²) in [5, 5.41) is 14.0. The average molecular weight is 407 g/mol. The number of aryl methyl sites for hydroxylation is 1. The quantitative estimate of drug-likeness (QED) is 0.395. The fraction of sp³-hybridized carbons (Fsp3) is 0.172. The van der Waals surface area contributed by atoms with Crippen LogP contribution < -0.4 is 5.11 Å². The van der Waals surface area contributed by atoms with Crippen LogP contribution in [0.15, 0.2) is 103 Å². The monoisotopic (exact) mass is 406 g/mol. The van der Waals surface area contributed by atoms with Crippen molar-refractivity contribution < 1.29 is 5.11 Å². The molecule has 4 rings (SSSR count). The molecule has 2 heteroatoms. The second-order valence-corrected chi connectivity index (χ2v) is 8.39. The Morgan fingerprint density at radius 3 is 1.48 bits per heavy atom. The predicted molar refractivity (Wildman–Crippen MR) is 126 cm³/mol. The Labute approximate surface area is 185 Å². The molecule has 0 radical (unpaired) electrons. The Morgan fingerprint density at radius 1 is 0.677 bits per heavy atom. The average Bonchev–Trinajstić information content (AvgIpc) is 2.79. The lowest BCUT2D eigenvalue weighted by molar-refractivity contribution is -0.271. The van der Waals surface area contributed by atoms with Crippen molar-refractivity contribution >= 4 is 0 Å². The molecule has 0 atom stereocenters. The highest BCUT2D eigenvalue weighted by Crippen LogP contribution is 2.48. The Bertz CT molecular complexity index is 1040. The van der Waals surface area contributed by atoms with Gasteiger partial charge >= 0.3 is 0 Å². The molecule has 0 aliphatic heterocycles. The van der Waals surface area contributed by atoms with Crippen molar-refractivity contribution in [2.75, 3.05) is 14.1 Å². The Hall–Kier alpha value is -3.36. The van der Waals surface area contributed by atoms with Gasteiger partial charge in [-0.3, -0.25) is 0 Å². The van der Waals surface area contributed by atoms with Crippen molar-refractivity contribution in [1.29, 1.82) is 0 Å². The van der Waals surface area contributed by atoms with Gasteiger partial charge in [0.1, 0.15) is 0 Å². The maximum absolute atomic E-state index is 14.0. The van der Waals surface area contributed by atoms with Crippen LogP contribution in [0.2, 0.25) is 0 Å². The van der Waals surface area contributed by atoms with Crippen LogP contribution in [0, 0.1) is 6.92 Å². The third-order valence-corrected chi connectivity index (χ3v) is 5.82. The molecule has 0 aliphatic rings. The van der Waals surface area contributed by atoms with Gasteiger partial charge in [-0.25, -0.2) is 0 Å². The fourth-order valence-corrected chi connectivity index (χ4v) is 4.62. The maximum atomic E-state index is 14.0. The van der Waals surface area contributed by atoms with Crippen LogP contribution in [-0.4, -0.2) is 19.0 Å². The molecular formula is C29H28NO-. The summed E-state index contributed by atoms with van der Waals surface area (Å²) in [6.45, 7) is 2.69. The summed E-state index contributed by atoms with van der Waals surface area (Å²) in [4.78, 5) is 2.05. The summed E-state index contributed by atoms with van der Waals surface area (Å²) in [5.41, 5.74) is 5.29. The molecule has 0 heterocycles. The van der Waals surface area contributed by atoms with Crippen molar-refractivity contribution in [2.24, 2.45) is 0 Å². The van der Waals surface area contributed by atoms with E-state index in [2.05, 4.69) is 90.7 Å². The molecule has 0 N–H and O–H groups in total. The minimum Gasteiger partial charge on any atom is -0.872 e. The topological polar surface area (TPSA) is 26.3 Å². The molecule has 0 aromatic heterocycles. The van der Waals surface area contributed by atoms with Gasteiger partial charge in [0.2, 0.25) is 0 Å². The van der Waals surface area contributed by atoms with Gasteiger partial charge in [0.15, 0.2) is 0 Å². The first-order valence-electron chi connectivity index (χ1n) is 10.7. The van der Waals surface area contributed by atoms with E-state index in [0.29, 0.717) is 6.54 Å². The molecule has 0 amide bonds. The van der Waals surface area contributed by atoms with Crippen LogP contribution >= 0.6 is 0 Å². The highest BCUT2D eigenvalue weighted by molar-refractivity contribution is 5.64. The normalized spacial score (nSPS) is 11.6. The van der Waals surface area contributed by atoms with Crippen molar-refractivity contribution in [3.63, 3.8) is 0 Å². The maximum Gasteiger partial charge on any atom is 0.0695 e. The van der Waals surface area contributed by atoms with E-state index in [0.717, 1.165) is 33.4 Å². The highest BCUT2D eigenvalue weighted by atomic mass is 16.3. The zero-order valence-corrected chi connectivity index (χ0v) is 18.4. The van der Waals surface area contributed by atoms with Gasteiger partial charge in [-0.1, -0.05) is 114 Å². The van der Waals surface area contributed by atoms with Crippen LogP contribution in [0.3, 0.4) is 0 Å². The first-order valence-corrected chi connectivity index (χ1v) is 10.7. The second-order valence-electron chi connectivity index (χ2n) is 8.39. The van der Waals surface area contributed by atoms with Gasteiger partial charge in [0.25, 0.3) is 0 Å². The SMILES string of the molecule is Cc1cc(CN(C)C)c([O-])c(C(c2ccccc2)(c2ccccc2)c2ccccc2)c1. The summed E-state index contributed by atoms with van der Waals surface area (Å²) in [6.07, 6.45) is 0. The van der Waals surface area contributed by atoms with Gasteiger partial charge in [-0.15, -0.1) is 0 Å². The Morgan fingerprint density at radius 2 is 1.10 bits per heavy atom. The summed E-state index contributed by atoms with van der Waals surface area (Å²) < 4.78 is 0. The van der Waals surface area contributed by atoms with Crippen LogP contribution in [-0.2, 0) is 12.0 Å². The molecule has 0 saturated heterocycles. The molecule has 0 bridgehead atoms. The van der Waals surface area contributed by atoms with Gasteiger partial charge in [0.05, 0.1) is 5.41 Å². The lowest BCUT2D eigenvalue weighted by Crippen LogP contribution is -2.32. The number of benzene rings is 4. The Balaban J connectivity index is 2.16. The highest BCUT2D eigenvalue weighted by Gasteiger charge is 2.39. The third-order valence-electron chi connectivity index (χ3n) is 5.82. The zero-order chi connectivity index (χ0) is 21.8. The lowest BCUT2D eigenvalue weighted by Gasteiger charge is -2.40. The van der Waals surface area contributed by atoms with Crippen molar-refractivity contribution in [2.45, 2.75) is 18.9 Å². The minimum absolute atomic E-state index is 0.107. The fourth-order valence-electron chi connectivity index (χ4n) is 4.62. The molecule has 0 aliphatic carbocycles. The number of rotatable bonds is 6. The molecule has 0 unspecified atom stereocenters. The predicted octanol–water partition coefficient (Wildman–Crippen LogP) is 5.51. The third kappa shape index (κ3) is 3.87. The smallest absolute Gasteiger partial charge is 0.0695 e. The molecule has 2 nitrogen and oxygen atoms in total. The summed E-state index contributed by atoms with van der Waals surface area (Å²) in [7, 11) is 4.00. The molecule has 31 heavy (non-hydrogen) atoms. The number of nitrogens with zero attached hydrogens (tertiary/aromatic N) is 1. The van der Waals surface area contributed by atoms with Crippen LogP contribution in [0.5, 0.6) is 5.75 Å². The van der Waals surface area contributed by atoms with E-state index in [9.17, 15) is 5.11 Å². The molecule has 0 spiro atoms. The van der Waals surface area contributed by atoms with E-state index in [-0.39, 0.29) is 5.75 Å². The molecule has 0 saturated carbocycles. The van der Waals surface area contributed by atoms with E-state index in [1.807, 2.05) is 38.4 Å². The zero-order valence-electron chi connectivity index (χ0n) is 18.4. The largest absolute Gasteiger partial charge is 0.872 e. The van der Waals surface area contributed by atoms with E-state index in [4.69, 9.17) is 0 Å². The van der Waals surface area contributed by atoms with Crippen molar-refractivity contribution in [3.05, 3.63) is 137 Å². The summed E-state index contributed by atoms with van der Waals surface area (Å²) in [5.74, 6) is 0.107. The van der Waals surface area contributed by atoms with Crippen LogP contribution in [0.1, 0.15) is 33.4 Å². The first-order chi connectivity index (χ1) is 15.0. The molecule has 4 aromatic carbocycles. The van der Waals surface area contributed by atoms with Gasteiger partial charge in [-0.05, 0) is 48.8 Å². The molecule has 0 fully saturated rings. The lowest BCUT2D eigenvalue weighted by atomic mass is 9.64. The number of hydrogen-bond donors (Lipinski definition) is 0. The van der Waals surface area contributed by atoms with Gasteiger partial charge in [0, 0.05) is 6.54 Å². The Kier molecular flexibility index (Phi) is 5.92. The first kappa shape index (κ1) is 20.9. The molecule has 156 valence electrons. The molecule has 4 aromatic rings. The van der Waals surface area contributed by atoms with E-state index < -0.39 is 5.41 Å². The van der Waals surface area contributed by atoms with E-state index in [1.54, 1.807) is 0 Å². The molecular weight excluding hydrogens is 378 g/mol. The minimum atomic E-state index is -0.700. The van der Waals surface area contributed by atoms with Gasteiger partial charge < -0.3 is 10.0 Å². The van der Waals surface area contributed by atoms with E-state index >= 15 is 0 Å². The summed E-state index contributed by atoms with van der Waals surface area (Å²) >= 11 is 0. The number of hydrogen-bond acceptors (Lipinski definition) is 2. The van der Waals surface area contributed by atoms with Crippen molar-refractivity contribution in [1.82, 2.24) is 4.90 Å². The summed E-state index contributed by atoms with van der Waals surface area (Å²) in [6, 6.07) is 35.3. The standard InChI is InChI=1S/C29H29NO/c1-22-19-23(21-30(2)3)28(31)27(20-22)29(24-13-7-4-8-14-24,25-15-9-5-10-16-25)26-17-11-6-12-18-26/h4-20,31H,21H2,1-3H3/p-1. The van der Waals surface area contributed by atoms with Crippen molar-refractivity contribution in [3.8, 4) is 5.75 Å². The van der Waals surface area contributed by atoms with E-state index in [1.165, 1.54) is 0 Å². The van der Waals surface area contributed by atoms with Gasteiger partial charge in [-0.2, -0.15) is 0 Å². The van der Waals surface area contributed by atoms with Crippen LogP contribution in [0.4, 0.5) is 0 Å².